The largest absolute Gasteiger partial charge is 0.325 e. The molecule has 0 fully saturated rings. The lowest BCUT2D eigenvalue weighted by atomic mass is 9.91. The summed E-state index contributed by atoms with van der Waals surface area (Å²) in [6.07, 6.45) is 7.12. The summed E-state index contributed by atoms with van der Waals surface area (Å²) in [5.41, 5.74) is 2.14. The fourth-order valence-electron chi connectivity index (χ4n) is 2.91. The summed E-state index contributed by atoms with van der Waals surface area (Å²) in [4.78, 5) is 4.13. The number of imidazole rings is 1. The maximum Gasteiger partial charge on any atom is 0.0955 e. The lowest BCUT2D eigenvalue weighted by Crippen LogP contribution is -2.14. The van der Waals surface area contributed by atoms with Crippen molar-refractivity contribution >= 4 is 47.4 Å². The molecule has 0 radical (unpaired) electrons. The summed E-state index contributed by atoms with van der Waals surface area (Å²) < 4.78 is 1.97. The minimum Gasteiger partial charge on any atom is -0.325 e. The Kier molecular flexibility index (Phi) is 6.34. The van der Waals surface area contributed by atoms with E-state index in [2.05, 4.69) is 4.98 Å². The predicted molar refractivity (Wildman–Crippen MR) is 109 cm³/mol. The molecule has 2 atom stereocenters. The standard InChI is InChI=1S/C19H17Cl3N2S/c20-14-7-4-13(5-8-14)6-9-15(19(25)24-11-10-23-12-24)18-16(21)2-1-3-17(18)22/h1-5,7-8,10-12,15,19,25H,6,9H2. The van der Waals surface area contributed by atoms with E-state index in [4.69, 9.17) is 47.4 Å². The molecule has 2 aromatic carbocycles. The van der Waals surface area contributed by atoms with Crippen molar-refractivity contribution in [3.8, 4) is 0 Å². The van der Waals surface area contributed by atoms with Gasteiger partial charge in [0, 0.05) is 33.4 Å². The first-order chi connectivity index (χ1) is 12.1. The fourth-order valence-corrected chi connectivity index (χ4v) is 4.15. The first-order valence-corrected chi connectivity index (χ1v) is 9.55. The summed E-state index contributed by atoms with van der Waals surface area (Å²) in [5, 5.41) is 1.94. The number of halogens is 3. The number of benzene rings is 2. The van der Waals surface area contributed by atoms with Crippen LogP contribution in [0, 0.1) is 0 Å². The van der Waals surface area contributed by atoms with Crippen molar-refractivity contribution in [3.05, 3.63) is 87.4 Å². The van der Waals surface area contributed by atoms with Crippen LogP contribution >= 0.6 is 47.4 Å². The molecule has 0 aliphatic rings. The van der Waals surface area contributed by atoms with Crippen molar-refractivity contribution in [2.75, 3.05) is 0 Å². The second-order valence-corrected chi connectivity index (χ2v) is 7.61. The smallest absolute Gasteiger partial charge is 0.0955 e. The highest BCUT2D eigenvalue weighted by Crippen LogP contribution is 2.42. The van der Waals surface area contributed by atoms with Crippen LogP contribution in [0.1, 0.15) is 28.8 Å². The van der Waals surface area contributed by atoms with Crippen molar-refractivity contribution in [2.45, 2.75) is 24.1 Å². The molecule has 0 spiro atoms. The third-order valence-corrected chi connectivity index (χ3v) is 5.76. The Hall–Kier alpha value is -1.13. The Balaban J connectivity index is 1.90. The highest BCUT2D eigenvalue weighted by atomic mass is 35.5. The minimum atomic E-state index is -0.118. The molecular formula is C19H17Cl3N2S. The summed E-state index contributed by atoms with van der Waals surface area (Å²) in [6.45, 7) is 0. The Morgan fingerprint density at radius 2 is 1.68 bits per heavy atom. The van der Waals surface area contributed by atoms with Gasteiger partial charge in [-0.3, -0.25) is 0 Å². The van der Waals surface area contributed by atoms with E-state index in [1.807, 2.05) is 53.2 Å². The molecule has 6 heteroatoms. The first-order valence-electron chi connectivity index (χ1n) is 7.90. The molecule has 25 heavy (non-hydrogen) atoms. The van der Waals surface area contributed by atoms with Gasteiger partial charge in [-0.2, -0.15) is 12.6 Å². The topological polar surface area (TPSA) is 17.8 Å². The zero-order valence-corrected chi connectivity index (χ0v) is 16.5. The number of nitrogens with zero attached hydrogens (tertiary/aromatic N) is 2. The summed E-state index contributed by atoms with van der Waals surface area (Å²) in [7, 11) is 0. The highest BCUT2D eigenvalue weighted by molar-refractivity contribution is 7.80. The van der Waals surface area contributed by atoms with E-state index in [9.17, 15) is 0 Å². The summed E-state index contributed by atoms with van der Waals surface area (Å²) >= 11 is 23.7. The van der Waals surface area contributed by atoms with Gasteiger partial charge in [-0.1, -0.05) is 53.0 Å². The molecule has 2 nitrogen and oxygen atoms in total. The molecule has 1 heterocycles. The van der Waals surface area contributed by atoms with Gasteiger partial charge in [-0.05, 0) is 48.2 Å². The van der Waals surface area contributed by atoms with Crippen LogP contribution in [0.5, 0.6) is 0 Å². The van der Waals surface area contributed by atoms with Gasteiger partial charge in [-0.15, -0.1) is 0 Å². The van der Waals surface area contributed by atoms with Gasteiger partial charge in [0.05, 0.1) is 11.7 Å². The van der Waals surface area contributed by atoms with Crippen molar-refractivity contribution < 1.29 is 0 Å². The lowest BCUT2D eigenvalue weighted by Gasteiger charge is -2.26. The molecule has 2 unspecified atom stereocenters. The molecule has 3 aromatic rings. The van der Waals surface area contributed by atoms with Crippen LogP contribution in [0.4, 0.5) is 0 Å². The van der Waals surface area contributed by atoms with Crippen LogP contribution < -0.4 is 0 Å². The third-order valence-electron chi connectivity index (χ3n) is 4.22. The summed E-state index contributed by atoms with van der Waals surface area (Å²) in [5.74, 6) is 0.0365. The maximum atomic E-state index is 6.47. The molecule has 0 aliphatic heterocycles. The van der Waals surface area contributed by atoms with Crippen molar-refractivity contribution in [3.63, 3.8) is 0 Å². The van der Waals surface area contributed by atoms with E-state index in [1.54, 1.807) is 12.5 Å². The Morgan fingerprint density at radius 3 is 2.28 bits per heavy atom. The third kappa shape index (κ3) is 4.53. The quantitative estimate of drug-likeness (QED) is 0.447. The van der Waals surface area contributed by atoms with Crippen molar-refractivity contribution in [2.24, 2.45) is 0 Å². The zero-order valence-electron chi connectivity index (χ0n) is 13.3. The van der Waals surface area contributed by atoms with E-state index in [-0.39, 0.29) is 11.3 Å². The molecule has 3 rings (SSSR count). The van der Waals surface area contributed by atoms with Gasteiger partial charge in [0.15, 0.2) is 0 Å². The first kappa shape index (κ1) is 18.7. The zero-order chi connectivity index (χ0) is 17.8. The molecular weight excluding hydrogens is 395 g/mol. The van der Waals surface area contributed by atoms with Crippen LogP contribution in [0.25, 0.3) is 0 Å². The molecule has 130 valence electrons. The number of aryl methyl sites for hydroxylation is 1. The van der Waals surface area contributed by atoms with Gasteiger partial charge in [0.1, 0.15) is 0 Å². The molecule has 0 saturated carbocycles. The normalized spacial score (nSPS) is 13.6. The van der Waals surface area contributed by atoms with Gasteiger partial charge in [-0.25, -0.2) is 4.98 Å². The van der Waals surface area contributed by atoms with Crippen molar-refractivity contribution in [1.29, 1.82) is 0 Å². The number of rotatable bonds is 6. The van der Waals surface area contributed by atoms with Crippen LogP contribution in [0.15, 0.2) is 61.2 Å². The Labute approximate surface area is 168 Å². The van der Waals surface area contributed by atoms with E-state index in [1.165, 1.54) is 5.56 Å². The number of thiol groups is 1. The van der Waals surface area contributed by atoms with Gasteiger partial charge in [0.2, 0.25) is 0 Å². The average Bonchev–Trinajstić information content (AvgIpc) is 3.13. The van der Waals surface area contributed by atoms with Gasteiger partial charge in [0.25, 0.3) is 0 Å². The molecule has 1 aromatic heterocycles. The molecule has 0 amide bonds. The Morgan fingerprint density at radius 1 is 1.00 bits per heavy atom. The van der Waals surface area contributed by atoms with E-state index < -0.39 is 0 Å². The van der Waals surface area contributed by atoms with Gasteiger partial charge < -0.3 is 4.57 Å². The second-order valence-electron chi connectivity index (χ2n) is 5.83. The SMILES string of the molecule is SC(C(CCc1ccc(Cl)cc1)c1c(Cl)cccc1Cl)n1ccnc1. The molecule has 0 saturated heterocycles. The monoisotopic (exact) mass is 410 g/mol. The predicted octanol–water partition coefficient (Wildman–Crippen LogP) is 6.69. The van der Waals surface area contributed by atoms with E-state index in [0.29, 0.717) is 10.0 Å². The highest BCUT2D eigenvalue weighted by Gasteiger charge is 2.25. The molecule has 0 aliphatic carbocycles. The number of hydrogen-bond acceptors (Lipinski definition) is 2. The number of hydrogen-bond donors (Lipinski definition) is 1. The average molecular weight is 412 g/mol. The summed E-state index contributed by atoms with van der Waals surface area (Å²) in [6, 6.07) is 13.5. The maximum absolute atomic E-state index is 6.47. The van der Waals surface area contributed by atoms with E-state index in [0.717, 1.165) is 23.4 Å². The lowest BCUT2D eigenvalue weighted by molar-refractivity contribution is 0.514. The van der Waals surface area contributed by atoms with Crippen LogP contribution in [-0.4, -0.2) is 9.55 Å². The molecule has 0 N–H and O–H groups in total. The number of aromatic nitrogens is 2. The second kappa shape index (κ2) is 8.50. The Bertz CT molecular complexity index is 799. The van der Waals surface area contributed by atoms with E-state index >= 15 is 0 Å². The van der Waals surface area contributed by atoms with Crippen LogP contribution in [0.3, 0.4) is 0 Å². The minimum absolute atomic E-state index is 0.0365. The molecule has 0 bridgehead atoms. The fraction of sp³-hybridized carbons (Fsp3) is 0.211. The van der Waals surface area contributed by atoms with Crippen LogP contribution in [0.2, 0.25) is 15.1 Å². The van der Waals surface area contributed by atoms with Crippen molar-refractivity contribution in [1.82, 2.24) is 9.55 Å². The van der Waals surface area contributed by atoms with Crippen LogP contribution in [-0.2, 0) is 6.42 Å². The van der Waals surface area contributed by atoms with Gasteiger partial charge >= 0.3 is 0 Å².